The van der Waals surface area contributed by atoms with Gasteiger partial charge in [0, 0.05) is 30.5 Å². The van der Waals surface area contributed by atoms with E-state index in [9.17, 15) is 9.59 Å². The number of fused-ring (bicyclic) bond motifs is 1. The van der Waals surface area contributed by atoms with Crippen molar-refractivity contribution in [1.29, 1.82) is 0 Å². The van der Waals surface area contributed by atoms with E-state index in [1.807, 2.05) is 18.2 Å². The molecule has 1 aliphatic heterocycles. The summed E-state index contributed by atoms with van der Waals surface area (Å²) >= 11 is 0. The van der Waals surface area contributed by atoms with Gasteiger partial charge in [0.1, 0.15) is 6.54 Å². The molecule has 2 N–H and O–H groups in total. The molecule has 5 rings (SSSR count). The van der Waals surface area contributed by atoms with Crippen molar-refractivity contribution in [3.63, 3.8) is 0 Å². The van der Waals surface area contributed by atoms with Crippen LogP contribution in [0, 0.1) is 0 Å². The monoisotopic (exact) mass is 446 g/mol. The van der Waals surface area contributed by atoms with Crippen molar-refractivity contribution in [3.05, 3.63) is 71.3 Å². The molecular weight excluding hydrogens is 424 g/mol. The van der Waals surface area contributed by atoms with Crippen molar-refractivity contribution in [3.8, 4) is 0 Å². The SMILES string of the molecule is O=C(Cn1c(=O)oc2ccccc21)Nc1ccc(Nc2cc(N3CCOCC3)cnn2)cc1. The highest BCUT2D eigenvalue weighted by molar-refractivity contribution is 5.91. The van der Waals surface area contributed by atoms with Gasteiger partial charge in [0.15, 0.2) is 11.4 Å². The van der Waals surface area contributed by atoms with Gasteiger partial charge in [0.25, 0.3) is 0 Å². The lowest BCUT2D eigenvalue weighted by Crippen LogP contribution is -2.36. The first-order chi connectivity index (χ1) is 16.2. The maximum Gasteiger partial charge on any atom is 0.420 e. The fourth-order valence-electron chi connectivity index (χ4n) is 3.70. The Hall–Kier alpha value is -4.18. The zero-order valence-corrected chi connectivity index (χ0v) is 17.7. The van der Waals surface area contributed by atoms with Crippen LogP contribution in [0.2, 0.25) is 0 Å². The van der Waals surface area contributed by atoms with Gasteiger partial charge < -0.3 is 24.7 Å². The van der Waals surface area contributed by atoms with Gasteiger partial charge in [-0.25, -0.2) is 4.79 Å². The predicted octanol–water partition coefficient (Wildman–Crippen LogP) is 2.60. The zero-order chi connectivity index (χ0) is 22.6. The molecule has 1 saturated heterocycles. The van der Waals surface area contributed by atoms with Gasteiger partial charge in [-0.15, -0.1) is 5.10 Å². The molecule has 0 saturated carbocycles. The molecule has 2 aromatic carbocycles. The average molecular weight is 446 g/mol. The van der Waals surface area contributed by atoms with Crippen molar-refractivity contribution in [2.45, 2.75) is 6.54 Å². The molecule has 1 amide bonds. The van der Waals surface area contributed by atoms with E-state index in [4.69, 9.17) is 9.15 Å². The Morgan fingerprint density at radius 3 is 2.61 bits per heavy atom. The third-order valence-corrected chi connectivity index (χ3v) is 5.33. The van der Waals surface area contributed by atoms with E-state index in [-0.39, 0.29) is 12.5 Å². The number of oxazole rings is 1. The Balaban J connectivity index is 1.22. The second-order valence-electron chi connectivity index (χ2n) is 7.57. The topological polar surface area (TPSA) is 115 Å². The molecule has 3 heterocycles. The van der Waals surface area contributed by atoms with E-state index in [1.165, 1.54) is 4.57 Å². The van der Waals surface area contributed by atoms with Crippen LogP contribution in [0.15, 0.2) is 70.0 Å². The number of carbonyl (C=O) groups excluding carboxylic acids is 1. The fourth-order valence-corrected chi connectivity index (χ4v) is 3.70. The number of para-hydroxylation sites is 2. The first kappa shape index (κ1) is 20.7. The first-order valence-electron chi connectivity index (χ1n) is 10.6. The number of hydrogen-bond donors (Lipinski definition) is 2. The maximum absolute atomic E-state index is 12.5. The zero-order valence-electron chi connectivity index (χ0n) is 17.7. The number of ether oxygens (including phenoxy) is 1. The lowest BCUT2D eigenvalue weighted by molar-refractivity contribution is -0.116. The van der Waals surface area contributed by atoms with Gasteiger partial charge >= 0.3 is 5.76 Å². The Kier molecular flexibility index (Phi) is 5.73. The van der Waals surface area contributed by atoms with Crippen LogP contribution in [-0.4, -0.2) is 47.0 Å². The number of benzene rings is 2. The van der Waals surface area contributed by atoms with Crippen LogP contribution < -0.4 is 21.3 Å². The highest BCUT2D eigenvalue weighted by atomic mass is 16.5. The molecule has 2 aromatic heterocycles. The normalized spacial score (nSPS) is 13.8. The van der Waals surface area contributed by atoms with Gasteiger partial charge in [-0.05, 0) is 36.4 Å². The number of anilines is 4. The van der Waals surface area contributed by atoms with E-state index >= 15 is 0 Å². The Bertz CT molecular complexity index is 1320. The molecule has 0 unspecified atom stereocenters. The molecule has 10 heteroatoms. The van der Waals surface area contributed by atoms with Crippen molar-refractivity contribution in [2.24, 2.45) is 0 Å². The molecule has 1 fully saturated rings. The highest BCUT2D eigenvalue weighted by Gasteiger charge is 2.14. The second kappa shape index (κ2) is 9.13. The minimum absolute atomic E-state index is 0.139. The molecule has 0 atom stereocenters. The number of morpholine rings is 1. The Morgan fingerprint density at radius 2 is 1.79 bits per heavy atom. The van der Waals surface area contributed by atoms with Crippen LogP contribution in [0.25, 0.3) is 11.1 Å². The Morgan fingerprint density at radius 1 is 1.03 bits per heavy atom. The summed E-state index contributed by atoms with van der Waals surface area (Å²) in [6.45, 7) is 2.90. The van der Waals surface area contributed by atoms with Crippen LogP contribution in [-0.2, 0) is 16.1 Å². The van der Waals surface area contributed by atoms with Crippen LogP contribution in [0.4, 0.5) is 22.9 Å². The summed E-state index contributed by atoms with van der Waals surface area (Å²) in [7, 11) is 0. The molecule has 0 bridgehead atoms. The molecule has 168 valence electrons. The average Bonchev–Trinajstić information content (AvgIpc) is 3.16. The summed E-state index contributed by atoms with van der Waals surface area (Å²) in [6.07, 6.45) is 1.74. The molecule has 4 aromatic rings. The minimum atomic E-state index is -0.564. The standard InChI is InChI=1S/C23H22N6O4/c30-22(15-29-19-3-1-2-4-20(19)33-23(29)31)26-17-7-5-16(6-8-17)25-21-13-18(14-24-27-21)28-9-11-32-12-10-28/h1-8,13-14H,9-12,15H2,(H,25,27)(H,26,30). The fraction of sp³-hybridized carbons (Fsp3) is 0.217. The van der Waals surface area contributed by atoms with Crippen molar-refractivity contribution in [1.82, 2.24) is 14.8 Å². The van der Waals surface area contributed by atoms with Gasteiger partial charge in [0.2, 0.25) is 5.91 Å². The van der Waals surface area contributed by atoms with E-state index < -0.39 is 5.76 Å². The highest BCUT2D eigenvalue weighted by Crippen LogP contribution is 2.22. The van der Waals surface area contributed by atoms with Crippen LogP contribution in [0.3, 0.4) is 0 Å². The predicted molar refractivity (Wildman–Crippen MR) is 124 cm³/mol. The van der Waals surface area contributed by atoms with Crippen LogP contribution >= 0.6 is 0 Å². The van der Waals surface area contributed by atoms with Crippen LogP contribution in [0.5, 0.6) is 0 Å². The number of carbonyl (C=O) groups is 1. The van der Waals surface area contributed by atoms with Gasteiger partial charge in [-0.2, -0.15) is 5.10 Å². The quantitative estimate of drug-likeness (QED) is 0.465. The Labute approximate surface area is 188 Å². The lowest BCUT2D eigenvalue weighted by Gasteiger charge is -2.28. The van der Waals surface area contributed by atoms with Gasteiger partial charge in [0.05, 0.1) is 30.6 Å². The van der Waals surface area contributed by atoms with Crippen molar-refractivity contribution >= 4 is 39.9 Å². The van der Waals surface area contributed by atoms with E-state index in [1.54, 1.807) is 42.6 Å². The van der Waals surface area contributed by atoms with Crippen molar-refractivity contribution in [2.75, 3.05) is 41.8 Å². The minimum Gasteiger partial charge on any atom is -0.408 e. The molecule has 10 nitrogen and oxygen atoms in total. The third kappa shape index (κ3) is 4.70. The number of hydrogen-bond acceptors (Lipinski definition) is 8. The summed E-state index contributed by atoms with van der Waals surface area (Å²) < 4.78 is 11.9. The summed E-state index contributed by atoms with van der Waals surface area (Å²) in [5.41, 5.74) is 3.43. The smallest absolute Gasteiger partial charge is 0.408 e. The van der Waals surface area contributed by atoms with E-state index in [0.717, 1.165) is 24.5 Å². The first-order valence-corrected chi connectivity index (χ1v) is 10.6. The number of amides is 1. The number of nitrogens with zero attached hydrogens (tertiary/aromatic N) is 4. The van der Waals surface area contributed by atoms with Gasteiger partial charge in [-0.1, -0.05) is 12.1 Å². The molecule has 0 aliphatic carbocycles. The molecule has 1 aliphatic rings. The molecule has 0 radical (unpaired) electrons. The van der Waals surface area contributed by atoms with Crippen LogP contribution in [0.1, 0.15) is 0 Å². The van der Waals surface area contributed by atoms with E-state index in [0.29, 0.717) is 35.8 Å². The van der Waals surface area contributed by atoms with Gasteiger partial charge in [-0.3, -0.25) is 9.36 Å². The number of rotatable bonds is 6. The largest absolute Gasteiger partial charge is 0.420 e. The number of aromatic nitrogens is 3. The lowest BCUT2D eigenvalue weighted by atomic mass is 10.2. The van der Waals surface area contributed by atoms with E-state index in [2.05, 4.69) is 25.7 Å². The molecule has 33 heavy (non-hydrogen) atoms. The summed E-state index contributed by atoms with van der Waals surface area (Å²) in [4.78, 5) is 26.7. The third-order valence-electron chi connectivity index (χ3n) is 5.33. The summed E-state index contributed by atoms with van der Waals surface area (Å²) in [5, 5.41) is 14.3. The molecular formula is C23H22N6O4. The van der Waals surface area contributed by atoms with Crippen molar-refractivity contribution < 1.29 is 13.9 Å². The number of nitrogens with one attached hydrogen (secondary N) is 2. The second-order valence-corrected chi connectivity index (χ2v) is 7.57. The summed E-state index contributed by atoms with van der Waals surface area (Å²) in [5.74, 6) is -0.262. The maximum atomic E-state index is 12.5. The molecule has 0 spiro atoms. The summed E-state index contributed by atoms with van der Waals surface area (Å²) in [6, 6.07) is 16.2.